The SMILES string of the molecule is CC(C)C(O)N1CCC2(CCCN(C(C)(C)C)C2)C1. The lowest BCUT2D eigenvalue weighted by molar-refractivity contribution is -0.0326. The van der Waals surface area contributed by atoms with Crippen molar-refractivity contribution < 1.29 is 5.11 Å². The third-order valence-electron chi connectivity index (χ3n) is 5.05. The molecule has 19 heavy (non-hydrogen) atoms. The summed E-state index contributed by atoms with van der Waals surface area (Å²) >= 11 is 0. The van der Waals surface area contributed by atoms with Gasteiger partial charge in [-0.3, -0.25) is 9.80 Å². The number of hydrogen-bond donors (Lipinski definition) is 1. The van der Waals surface area contributed by atoms with Crippen LogP contribution in [0.3, 0.4) is 0 Å². The Kier molecular flexibility index (Phi) is 4.29. The number of piperidine rings is 1. The molecule has 2 atom stereocenters. The van der Waals surface area contributed by atoms with E-state index in [4.69, 9.17) is 0 Å². The Morgan fingerprint density at radius 3 is 2.32 bits per heavy atom. The number of hydrogen-bond acceptors (Lipinski definition) is 3. The van der Waals surface area contributed by atoms with Crippen LogP contribution in [-0.2, 0) is 0 Å². The number of aliphatic hydroxyl groups excluding tert-OH is 1. The van der Waals surface area contributed by atoms with E-state index >= 15 is 0 Å². The van der Waals surface area contributed by atoms with E-state index in [2.05, 4.69) is 44.4 Å². The molecule has 2 aliphatic rings. The minimum Gasteiger partial charge on any atom is -0.378 e. The fraction of sp³-hybridized carbons (Fsp3) is 1.00. The quantitative estimate of drug-likeness (QED) is 0.834. The average molecular weight is 268 g/mol. The van der Waals surface area contributed by atoms with Crippen LogP contribution in [0.25, 0.3) is 0 Å². The predicted octanol–water partition coefficient (Wildman–Crippen LogP) is 2.55. The Balaban J connectivity index is 2.01. The summed E-state index contributed by atoms with van der Waals surface area (Å²) in [5, 5.41) is 10.3. The summed E-state index contributed by atoms with van der Waals surface area (Å²) in [6.45, 7) is 15.8. The molecule has 0 aromatic carbocycles. The van der Waals surface area contributed by atoms with E-state index in [1.54, 1.807) is 0 Å². The zero-order valence-electron chi connectivity index (χ0n) is 13.4. The van der Waals surface area contributed by atoms with Crippen molar-refractivity contribution in [2.45, 2.75) is 65.6 Å². The molecule has 2 unspecified atom stereocenters. The minimum absolute atomic E-state index is 0.260. The zero-order chi connectivity index (χ0) is 14.3. The molecule has 0 aromatic heterocycles. The molecule has 0 saturated carbocycles. The molecular weight excluding hydrogens is 236 g/mol. The Morgan fingerprint density at radius 1 is 1.05 bits per heavy atom. The molecule has 2 fully saturated rings. The lowest BCUT2D eigenvalue weighted by Gasteiger charge is -2.47. The van der Waals surface area contributed by atoms with Crippen molar-refractivity contribution in [3.05, 3.63) is 0 Å². The lowest BCUT2D eigenvalue weighted by Crippen LogP contribution is -2.52. The van der Waals surface area contributed by atoms with E-state index in [0.717, 1.165) is 13.1 Å². The molecule has 3 nitrogen and oxygen atoms in total. The molecular formula is C16H32N2O. The van der Waals surface area contributed by atoms with E-state index in [-0.39, 0.29) is 11.8 Å². The second kappa shape index (κ2) is 5.34. The Bertz CT molecular complexity index is 310. The first-order valence-electron chi connectivity index (χ1n) is 7.91. The summed E-state index contributed by atoms with van der Waals surface area (Å²) in [6, 6.07) is 0. The molecule has 1 N–H and O–H groups in total. The van der Waals surface area contributed by atoms with Crippen molar-refractivity contribution in [2.24, 2.45) is 11.3 Å². The molecule has 0 amide bonds. The van der Waals surface area contributed by atoms with Crippen LogP contribution < -0.4 is 0 Å². The van der Waals surface area contributed by atoms with Crippen LogP contribution in [0.15, 0.2) is 0 Å². The molecule has 3 heteroatoms. The first-order valence-corrected chi connectivity index (χ1v) is 7.91. The van der Waals surface area contributed by atoms with Crippen molar-refractivity contribution in [1.82, 2.24) is 9.80 Å². The van der Waals surface area contributed by atoms with Crippen molar-refractivity contribution in [2.75, 3.05) is 26.2 Å². The lowest BCUT2D eigenvalue weighted by atomic mass is 9.78. The molecule has 2 heterocycles. The number of likely N-dealkylation sites (tertiary alicyclic amines) is 2. The highest BCUT2D eigenvalue weighted by Gasteiger charge is 2.44. The highest BCUT2D eigenvalue weighted by molar-refractivity contribution is 4.97. The fourth-order valence-electron chi connectivity index (χ4n) is 3.73. The largest absolute Gasteiger partial charge is 0.378 e. The smallest absolute Gasteiger partial charge is 0.109 e. The van der Waals surface area contributed by atoms with Gasteiger partial charge in [-0.25, -0.2) is 0 Å². The van der Waals surface area contributed by atoms with Gasteiger partial charge in [-0.15, -0.1) is 0 Å². The third-order valence-corrected chi connectivity index (χ3v) is 5.05. The van der Waals surface area contributed by atoms with Crippen molar-refractivity contribution >= 4 is 0 Å². The molecule has 1 spiro atoms. The molecule has 2 saturated heterocycles. The van der Waals surface area contributed by atoms with Gasteiger partial charge in [0.15, 0.2) is 0 Å². The van der Waals surface area contributed by atoms with E-state index in [1.807, 2.05) is 0 Å². The molecule has 2 rings (SSSR count). The van der Waals surface area contributed by atoms with E-state index in [1.165, 1.54) is 32.4 Å². The fourth-order valence-corrected chi connectivity index (χ4v) is 3.73. The summed E-state index contributed by atoms with van der Waals surface area (Å²) < 4.78 is 0. The molecule has 0 bridgehead atoms. The molecule has 0 aromatic rings. The molecule has 0 radical (unpaired) electrons. The Hall–Kier alpha value is -0.120. The van der Waals surface area contributed by atoms with Crippen molar-refractivity contribution in [3.63, 3.8) is 0 Å². The van der Waals surface area contributed by atoms with Gasteiger partial charge in [-0.1, -0.05) is 13.8 Å². The van der Waals surface area contributed by atoms with Crippen molar-refractivity contribution in [1.29, 1.82) is 0 Å². The summed E-state index contributed by atoms with van der Waals surface area (Å²) in [7, 11) is 0. The van der Waals surface area contributed by atoms with Crippen LogP contribution >= 0.6 is 0 Å². The Morgan fingerprint density at radius 2 is 1.74 bits per heavy atom. The first kappa shape index (κ1) is 15.3. The van der Waals surface area contributed by atoms with Gasteiger partial charge in [0, 0.05) is 25.2 Å². The van der Waals surface area contributed by atoms with Crippen LogP contribution in [0.4, 0.5) is 0 Å². The number of nitrogens with zero attached hydrogens (tertiary/aromatic N) is 2. The molecule has 2 aliphatic heterocycles. The van der Waals surface area contributed by atoms with Crippen LogP contribution in [0.2, 0.25) is 0 Å². The van der Waals surface area contributed by atoms with Gasteiger partial charge in [0.25, 0.3) is 0 Å². The summed E-state index contributed by atoms with van der Waals surface area (Å²) in [5.74, 6) is 0.331. The number of rotatable bonds is 2. The maximum Gasteiger partial charge on any atom is 0.109 e. The van der Waals surface area contributed by atoms with Crippen LogP contribution in [0.1, 0.15) is 53.9 Å². The topological polar surface area (TPSA) is 26.7 Å². The van der Waals surface area contributed by atoms with Crippen LogP contribution in [-0.4, -0.2) is 52.9 Å². The standard InChI is InChI=1S/C16H32N2O/c1-13(2)14(19)17-10-8-16(11-17)7-6-9-18(12-16)15(3,4)5/h13-14,19H,6-12H2,1-5H3. The van der Waals surface area contributed by atoms with E-state index in [0.29, 0.717) is 11.3 Å². The minimum atomic E-state index is -0.260. The maximum absolute atomic E-state index is 10.3. The van der Waals surface area contributed by atoms with Crippen LogP contribution in [0, 0.1) is 11.3 Å². The van der Waals surface area contributed by atoms with Gasteiger partial charge >= 0.3 is 0 Å². The van der Waals surface area contributed by atoms with Crippen molar-refractivity contribution in [3.8, 4) is 0 Å². The van der Waals surface area contributed by atoms with Crippen LogP contribution in [0.5, 0.6) is 0 Å². The second-order valence-corrected chi connectivity index (χ2v) is 8.07. The highest BCUT2D eigenvalue weighted by Crippen LogP contribution is 2.41. The molecule has 0 aliphatic carbocycles. The van der Waals surface area contributed by atoms with E-state index < -0.39 is 0 Å². The van der Waals surface area contributed by atoms with Gasteiger partial charge in [-0.05, 0) is 57.9 Å². The zero-order valence-corrected chi connectivity index (χ0v) is 13.4. The monoisotopic (exact) mass is 268 g/mol. The maximum atomic E-state index is 10.3. The summed E-state index contributed by atoms with van der Waals surface area (Å²) in [6.07, 6.45) is 3.64. The average Bonchev–Trinajstić information content (AvgIpc) is 2.71. The van der Waals surface area contributed by atoms with Gasteiger partial charge in [-0.2, -0.15) is 0 Å². The Labute approximate surface area is 119 Å². The van der Waals surface area contributed by atoms with Gasteiger partial charge in [0.05, 0.1) is 0 Å². The number of aliphatic hydroxyl groups is 1. The molecule has 112 valence electrons. The highest BCUT2D eigenvalue weighted by atomic mass is 16.3. The summed E-state index contributed by atoms with van der Waals surface area (Å²) in [4.78, 5) is 4.94. The first-order chi connectivity index (χ1) is 8.73. The predicted molar refractivity (Wildman–Crippen MR) is 80.0 cm³/mol. The second-order valence-electron chi connectivity index (χ2n) is 8.07. The summed E-state index contributed by atoms with van der Waals surface area (Å²) in [5.41, 5.74) is 0.707. The van der Waals surface area contributed by atoms with E-state index in [9.17, 15) is 5.11 Å². The van der Waals surface area contributed by atoms with Gasteiger partial charge in [0.1, 0.15) is 6.23 Å². The van der Waals surface area contributed by atoms with Gasteiger partial charge in [0.2, 0.25) is 0 Å². The van der Waals surface area contributed by atoms with Gasteiger partial charge < -0.3 is 5.11 Å². The third kappa shape index (κ3) is 3.32. The normalized spacial score (nSPS) is 32.4.